The van der Waals surface area contributed by atoms with Crippen LogP contribution in [0.3, 0.4) is 0 Å². The highest BCUT2D eigenvalue weighted by Crippen LogP contribution is 2.19. The van der Waals surface area contributed by atoms with Crippen LogP contribution in [0.15, 0.2) is 67.3 Å². The van der Waals surface area contributed by atoms with Crippen LogP contribution in [0.5, 0.6) is 0 Å². The molecule has 0 aliphatic rings. The molecule has 0 unspecified atom stereocenters. The third-order valence-corrected chi connectivity index (χ3v) is 3.56. The zero-order chi connectivity index (χ0) is 16.8. The second kappa shape index (κ2) is 7.32. The third kappa shape index (κ3) is 3.73. The molecular formula is C18H17N5O. The zero-order valence-corrected chi connectivity index (χ0v) is 13.3. The minimum absolute atomic E-state index is 0.256. The molecular weight excluding hydrogens is 302 g/mol. The summed E-state index contributed by atoms with van der Waals surface area (Å²) in [6.07, 6.45) is 6.45. The van der Waals surface area contributed by atoms with Gasteiger partial charge in [0, 0.05) is 31.7 Å². The van der Waals surface area contributed by atoms with Gasteiger partial charge in [-0.1, -0.05) is 18.2 Å². The van der Waals surface area contributed by atoms with E-state index >= 15 is 0 Å². The highest BCUT2D eigenvalue weighted by molar-refractivity contribution is 5.92. The molecule has 0 bridgehead atoms. The van der Waals surface area contributed by atoms with Crippen LogP contribution in [0, 0.1) is 0 Å². The van der Waals surface area contributed by atoms with Crippen LogP contribution < -0.4 is 10.2 Å². The maximum absolute atomic E-state index is 12.1. The van der Waals surface area contributed by atoms with Crippen molar-refractivity contribution in [3.63, 3.8) is 0 Å². The zero-order valence-electron chi connectivity index (χ0n) is 13.3. The third-order valence-electron chi connectivity index (χ3n) is 3.56. The number of carbonyl (C=O) groups is 1. The van der Waals surface area contributed by atoms with Gasteiger partial charge in [-0.15, -0.1) is 0 Å². The fourth-order valence-corrected chi connectivity index (χ4v) is 2.17. The molecule has 0 fully saturated rings. The summed E-state index contributed by atoms with van der Waals surface area (Å²) in [5.41, 5.74) is 2.27. The minimum atomic E-state index is -0.256. The predicted octanol–water partition coefficient (Wildman–Crippen LogP) is 2.57. The molecule has 1 N–H and O–H groups in total. The van der Waals surface area contributed by atoms with Gasteiger partial charge in [-0.2, -0.15) is 0 Å². The number of nitrogens with zero attached hydrogens (tertiary/aromatic N) is 4. The van der Waals surface area contributed by atoms with Gasteiger partial charge in [0.15, 0.2) is 5.82 Å². The fraction of sp³-hybridized carbons (Fsp3) is 0.111. The summed E-state index contributed by atoms with van der Waals surface area (Å²) in [4.78, 5) is 26.5. The predicted molar refractivity (Wildman–Crippen MR) is 91.9 cm³/mol. The van der Waals surface area contributed by atoms with E-state index in [1.54, 1.807) is 18.6 Å². The van der Waals surface area contributed by atoms with E-state index < -0.39 is 0 Å². The van der Waals surface area contributed by atoms with E-state index in [1.165, 1.54) is 6.20 Å². The first kappa shape index (κ1) is 15.6. The molecule has 6 nitrogen and oxygen atoms in total. The molecule has 0 spiro atoms. The van der Waals surface area contributed by atoms with Crippen LogP contribution in [0.1, 0.15) is 16.1 Å². The number of rotatable bonds is 5. The highest BCUT2D eigenvalue weighted by atomic mass is 16.1. The summed E-state index contributed by atoms with van der Waals surface area (Å²) in [5.74, 6) is 0.417. The van der Waals surface area contributed by atoms with Crippen molar-refractivity contribution in [3.05, 3.63) is 78.5 Å². The van der Waals surface area contributed by atoms with Crippen LogP contribution in [0.25, 0.3) is 0 Å². The Labute approximate surface area is 140 Å². The first-order valence-electron chi connectivity index (χ1n) is 7.52. The second-order valence-electron chi connectivity index (χ2n) is 5.19. The van der Waals surface area contributed by atoms with E-state index in [1.807, 2.05) is 54.4 Å². The fourth-order valence-electron chi connectivity index (χ4n) is 2.17. The van der Waals surface area contributed by atoms with Crippen molar-refractivity contribution in [1.29, 1.82) is 0 Å². The van der Waals surface area contributed by atoms with E-state index in [0.29, 0.717) is 12.4 Å². The van der Waals surface area contributed by atoms with Crippen molar-refractivity contribution >= 4 is 17.4 Å². The van der Waals surface area contributed by atoms with Crippen LogP contribution in [-0.4, -0.2) is 27.9 Å². The average Bonchev–Trinajstić information content (AvgIpc) is 2.67. The van der Waals surface area contributed by atoms with E-state index in [2.05, 4.69) is 20.3 Å². The molecule has 1 aromatic carbocycles. The number of amides is 1. The lowest BCUT2D eigenvalue weighted by atomic mass is 10.2. The Morgan fingerprint density at radius 3 is 2.46 bits per heavy atom. The summed E-state index contributed by atoms with van der Waals surface area (Å²) >= 11 is 0. The molecule has 2 aromatic heterocycles. The summed E-state index contributed by atoms with van der Waals surface area (Å²) in [5, 5.41) is 2.81. The molecule has 0 atom stereocenters. The number of nitrogens with one attached hydrogen (secondary N) is 1. The Bertz CT molecular complexity index is 791. The van der Waals surface area contributed by atoms with Crippen molar-refractivity contribution < 1.29 is 4.79 Å². The second-order valence-corrected chi connectivity index (χ2v) is 5.19. The van der Waals surface area contributed by atoms with Gasteiger partial charge in [-0.3, -0.25) is 9.78 Å². The van der Waals surface area contributed by atoms with Crippen LogP contribution in [0.4, 0.5) is 11.5 Å². The lowest BCUT2D eigenvalue weighted by molar-refractivity contribution is 0.0945. The number of hydrogen-bond donors (Lipinski definition) is 1. The molecule has 1 amide bonds. The SMILES string of the molecule is CN(c1ccccc1)c1cnc(C(=O)NCc2ccncc2)cn1. The van der Waals surface area contributed by atoms with Gasteiger partial charge in [0.05, 0.1) is 12.4 Å². The normalized spacial score (nSPS) is 10.2. The number of para-hydroxylation sites is 1. The number of benzene rings is 1. The number of anilines is 2. The van der Waals surface area contributed by atoms with E-state index in [9.17, 15) is 4.79 Å². The average molecular weight is 319 g/mol. The maximum Gasteiger partial charge on any atom is 0.271 e. The quantitative estimate of drug-likeness (QED) is 0.782. The van der Waals surface area contributed by atoms with Gasteiger partial charge in [0.2, 0.25) is 0 Å². The van der Waals surface area contributed by atoms with E-state index in [4.69, 9.17) is 0 Å². The van der Waals surface area contributed by atoms with Gasteiger partial charge >= 0.3 is 0 Å². The van der Waals surface area contributed by atoms with Crippen LogP contribution in [-0.2, 0) is 6.54 Å². The first-order valence-corrected chi connectivity index (χ1v) is 7.52. The first-order chi connectivity index (χ1) is 11.7. The van der Waals surface area contributed by atoms with Crippen molar-refractivity contribution in [2.75, 3.05) is 11.9 Å². The molecule has 3 rings (SSSR count). The lowest BCUT2D eigenvalue weighted by Gasteiger charge is -2.17. The smallest absolute Gasteiger partial charge is 0.271 e. The Balaban J connectivity index is 1.64. The minimum Gasteiger partial charge on any atom is -0.347 e. The number of pyridine rings is 1. The topological polar surface area (TPSA) is 71.0 Å². The molecule has 24 heavy (non-hydrogen) atoms. The largest absolute Gasteiger partial charge is 0.347 e. The van der Waals surface area contributed by atoms with Crippen LogP contribution in [0.2, 0.25) is 0 Å². The molecule has 0 aliphatic carbocycles. The summed E-state index contributed by atoms with van der Waals surface area (Å²) < 4.78 is 0. The Hall–Kier alpha value is -3.28. The summed E-state index contributed by atoms with van der Waals surface area (Å²) in [7, 11) is 1.91. The van der Waals surface area contributed by atoms with Crippen LogP contribution >= 0.6 is 0 Å². The Morgan fingerprint density at radius 1 is 1.04 bits per heavy atom. The molecule has 2 heterocycles. The number of aromatic nitrogens is 3. The van der Waals surface area contributed by atoms with Crippen molar-refractivity contribution in [2.24, 2.45) is 0 Å². The van der Waals surface area contributed by atoms with Gasteiger partial charge in [-0.05, 0) is 29.8 Å². The van der Waals surface area contributed by atoms with Gasteiger partial charge < -0.3 is 10.2 Å². The number of hydrogen-bond acceptors (Lipinski definition) is 5. The molecule has 6 heteroatoms. The van der Waals surface area contributed by atoms with E-state index in [0.717, 1.165) is 11.3 Å². The highest BCUT2D eigenvalue weighted by Gasteiger charge is 2.10. The molecule has 0 aliphatic heterocycles. The van der Waals surface area contributed by atoms with Gasteiger partial charge in [-0.25, -0.2) is 9.97 Å². The standard InChI is InChI=1S/C18H17N5O/c1-23(15-5-3-2-4-6-15)17-13-20-16(12-21-17)18(24)22-11-14-7-9-19-10-8-14/h2-10,12-13H,11H2,1H3,(H,22,24). The molecule has 0 radical (unpaired) electrons. The van der Waals surface area contributed by atoms with Crippen molar-refractivity contribution in [3.8, 4) is 0 Å². The summed E-state index contributed by atoms with van der Waals surface area (Å²) in [6, 6.07) is 13.5. The molecule has 3 aromatic rings. The Kier molecular flexibility index (Phi) is 4.76. The molecule has 0 saturated carbocycles. The van der Waals surface area contributed by atoms with E-state index in [-0.39, 0.29) is 11.6 Å². The van der Waals surface area contributed by atoms with Gasteiger partial charge in [0.1, 0.15) is 5.69 Å². The van der Waals surface area contributed by atoms with Gasteiger partial charge in [0.25, 0.3) is 5.91 Å². The summed E-state index contributed by atoms with van der Waals surface area (Å²) in [6.45, 7) is 0.425. The maximum atomic E-state index is 12.1. The molecule has 0 saturated heterocycles. The lowest BCUT2D eigenvalue weighted by Crippen LogP contribution is -2.24. The van der Waals surface area contributed by atoms with Crippen molar-refractivity contribution in [1.82, 2.24) is 20.3 Å². The number of carbonyl (C=O) groups excluding carboxylic acids is 1. The monoisotopic (exact) mass is 319 g/mol. The van der Waals surface area contributed by atoms with Crippen molar-refractivity contribution in [2.45, 2.75) is 6.54 Å². The Morgan fingerprint density at radius 2 is 1.79 bits per heavy atom. The molecule has 120 valence electrons.